The lowest BCUT2D eigenvalue weighted by molar-refractivity contribution is 0.174. The van der Waals surface area contributed by atoms with E-state index in [2.05, 4.69) is 9.88 Å². The van der Waals surface area contributed by atoms with Gasteiger partial charge < -0.3 is 9.42 Å². The Labute approximate surface area is 182 Å². The van der Waals surface area contributed by atoms with Gasteiger partial charge in [-0.05, 0) is 31.0 Å². The van der Waals surface area contributed by atoms with E-state index in [0.29, 0.717) is 30.4 Å². The van der Waals surface area contributed by atoms with Gasteiger partial charge in [-0.25, -0.2) is 26.7 Å². The molecule has 0 saturated carbocycles. The van der Waals surface area contributed by atoms with Gasteiger partial charge in [0.1, 0.15) is 11.6 Å². The average molecular weight is 462 g/mol. The fourth-order valence-electron chi connectivity index (χ4n) is 4.59. The number of carbonyl (C=O) groups excluding carboxylic acids is 1. The molecule has 2 atom stereocenters. The van der Waals surface area contributed by atoms with Gasteiger partial charge in [-0.15, -0.1) is 0 Å². The maximum atomic E-state index is 14.5. The molecule has 2 fully saturated rings. The van der Waals surface area contributed by atoms with Crippen molar-refractivity contribution in [3.8, 4) is 11.1 Å². The van der Waals surface area contributed by atoms with Crippen LogP contribution in [-0.2, 0) is 10.0 Å². The van der Waals surface area contributed by atoms with E-state index in [1.807, 2.05) is 0 Å². The van der Waals surface area contributed by atoms with Crippen LogP contribution in [0.2, 0.25) is 0 Å². The number of anilines is 1. The van der Waals surface area contributed by atoms with Crippen molar-refractivity contribution in [2.75, 3.05) is 24.2 Å². The molecule has 5 rings (SSSR count). The monoisotopic (exact) mass is 462 g/mol. The molecule has 2 saturated heterocycles. The highest BCUT2D eigenvalue weighted by atomic mass is 32.2. The second-order valence-electron chi connectivity index (χ2n) is 8.15. The molecule has 11 heteroatoms. The van der Waals surface area contributed by atoms with E-state index in [0.717, 1.165) is 6.26 Å². The van der Waals surface area contributed by atoms with Crippen LogP contribution in [-0.4, -0.2) is 55.9 Å². The third kappa shape index (κ3) is 3.51. The van der Waals surface area contributed by atoms with E-state index in [-0.39, 0.29) is 41.6 Å². The van der Waals surface area contributed by atoms with Crippen LogP contribution < -0.4 is 9.62 Å². The Morgan fingerprint density at radius 1 is 1.09 bits per heavy atom. The quantitative estimate of drug-likeness (QED) is 0.643. The first-order valence-electron chi connectivity index (χ1n) is 10.1. The lowest BCUT2D eigenvalue weighted by Crippen LogP contribution is -2.51. The normalized spacial score (nSPS) is 21.4. The highest BCUT2D eigenvalue weighted by Gasteiger charge is 2.44. The van der Waals surface area contributed by atoms with Crippen LogP contribution in [0.5, 0.6) is 0 Å². The molecule has 2 amide bonds. The molecule has 1 N–H and O–H groups in total. The highest BCUT2D eigenvalue weighted by Crippen LogP contribution is 2.40. The number of sulfonamides is 1. The van der Waals surface area contributed by atoms with Gasteiger partial charge in [0.25, 0.3) is 0 Å². The molecule has 1 aromatic heterocycles. The summed E-state index contributed by atoms with van der Waals surface area (Å²) in [4.78, 5) is 16.3. The topological polar surface area (TPSA) is 95.7 Å². The van der Waals surface area contributed by atoms with Gasteiger partial charge in [-0.3, -0.25) is 4.90 Å². The van der Waals surface area contributed by atoms with Crippen molar-refractivity contribution in [2.45, 2.75) is 24.9 Å². The standard InChI is InChI=1S/C21H20F2N4O4S/c1-32(29,30)25-12-8-9-13-11-27(21(28)26(13)10-12)20-19-14(4-2-7-17(19)31-24-20)18-15(22)5-3-6-16(18)23/h2-7,12-13,25H,8-11H2,1H3/t12-,13+/m1/s1. The predicted molar refractivity (Wildman–Crippen MR) is 114 cm³/mol. The summed E-state index contributed by atoms with van der Waals surface area (Å²) in [6, 6.07) is 7.56. The fourth-order valence-corrected chi connectivity index (χ4v) is 5.39. The van der Waals surface area contributed by atoms with Crippen molar-refractivity contribution in [2.24, 2.45) is 0 Å². The SMILES string of the molecule is CS(=O)(=O)N[C@@H]1CC[C@H]2CN(c3noc4cccc(-c5c(F)cccc5F)c34)C(=O)N2C1. The fraction of sp³-hybridized carbons (Fsp3) is 0.333. The third-order valence-electron chi connectivity index (χ3n) is 5.92. The predicted octanol–water partition coefficient (Wildman–Crippen LogP) is 3.10. The summed E-state index contributed by atoms with van der Waals surface area (Å²) < 4.78 is 60.2. The van der Waals surface area contributed by atoms with E-state index in [9.17, 15) is 22.0 Å². The maximum Gasteiger partial charge on any atom is 0.326 e. The number of aromatic nitrogens is 1. The van der Waals surface area contributed by atoms with Gasteiger partial charge in [0, 0.05) is 24.7 Å². The Bertz CT molecular complexity index is 1310. The van der Waals surface area contributed by atoms with Crippen LogP contribution in [0.4, 0.5) is 19.4 Å². The Hall–Kier alpha value is -3.05. The van der Waals surface area contributed by atoms with E-state index in [1.54, 1.807) is 23.1 Å². The van der Waals surface area contributed by atoms with Crippen LogP contribution in [0.1, 0.15) is 12.8 Å². The molecule has 2 aromatic carbocycles. The number of fused-ring (bicyclic) bond motifs is 2. The molecule has 3 heterocycles. The van der Waals surface area contributed by atoms with Crippen LogP contribution in [0, 0.1) is 11.6 Å². The number of halogens is 2. The van der Waals surface area contributed by atoms with Gasteiger partial charge in [-0.1, -0.05) is 23.4 Å². The lowest BCUT2D eigenvalue weighted by Gasteiger charge is -2.33. The molecule has 32 heavy (non-hydrogen) atoms. The number of nitrogens with zero attached hydrogens (tertiary/aromatic N) is 3. The number of piperidine rings is 1. The van der Waals surface area contributed by atoms with Crippen molar-refractivity contribution in [1.29, 1.82) is 0 Å². The van der Waals surface area contributed by atoms with Crippen molar-refractivity contribution < 1.29 is 26.5 Å². The minimum atomic E-state index is -3.40. The third-order valence-corrected chi connectivity index (χ3v) is 6.69. The molecule has 0 unspecified atom stereocenters. The van der Waals surface area contributed by atoms with Gasteiger partial charge >= 0.3 is 6.03 Å². The van der Waals surface area contributed by atoms with Crippen molar-refractivity contribution in [3.63, 3.8) is 0 Å². The highest BCUT2D eigenvalue weighted by molar-refractivity contribution is 7.88. The van der Waals surface area contributed by atoms with Crippen LogP contribution in [0.3, 0.4) is 0 Å². The second kappa shape index (κ2) is 7.52. The van der Waals surface area contributed by atoms with Crippen molar-refractivity contribution >= 4 is 32.8 Å². The summed E-state index contributed by atoms with van der Waals surface area (Å²) in [6.07, 6.45) is 2.29. The number of carbonyl (C=O) groups is 1. The number of urea groups is 1. The maximum absolute atomic E-state index is 14.5. The molecule has 8 nitrogen and oxygen atoms in total. The zero-order valence-electron chi connectivity index (χ0n) is 17.1. The second-order valence-corrected chi connectivity index (χ2v) is 9.93. The summed E-state index contributed by atoms with van der Waals surface area (Å²) in [5.74, 6) is -1.28. The minimum absolute atomic E-state index is 0.121. The van der Waals surface area contributed by atoms with Crippen molar-refractivity contribution in [1.82, 2.24) is 14.8 Å². The Morgan fingerprint density at radius 2 is 1.81 bits per heavy atom. The first kappa shape index (κ1) is 20.8. The Kier molecular flexibility index (Phi) is 4.90. The molecule has 2 aliphatic heterocycles. The summed E-state index contributed by atoms with van der Waals surface area (Å²) in [5, 5.41) is 4.40. The number of rotatable bonds is 4. The van der Waals surface area contributed by atoms with Gasteiger partial charge in [-0.2, -0.15) is 0 Å². The van der Waals surface area contributed by atoms with Gasteiger partial charge in [0.2, 0.25) is 10.0 Å². The number of benzene rings is 2. The average Bonchev–Trinajstić information content (AvgIpc) is 3.28. The molecule has 0 aliphatic carbocycles. The van der Waals surface area contributed by atoms with Crippen LogP contribution in [0.25, 0.3) is 22.1 Å². The van der Waals surface area contributed by atoms with E-state index < -0.39 is 21.7 Å². The summed E-state index contributed by atoms with van der Waals surface area (Å²) in [7, 11) is -3.40. The number of amides is 2. The molecule has 0 bridgehead atoms. The molecule has 0 radical (unpaired) electrons. The molecule has 0 spiro atoms. The molecule has 3 aromatic rings. The molecule has 168 valence electrons. The van der Waals surface area contributed by atoms with E-state index in [1.165, 1.54) is 23.1 Å². The largest absolute Gasteiger partial charge is 0.354 e. The summed E-state index contributed by atoms with van der Waals surface area (Å²) in [6.45, 7) is 0.553. The zero-order chi connectivity index (χ0) is 22.6. The minimum Gasteiger partial charge on any atom is -0.354 e. The first-order chi connectivity index (χ1) is 15.2. The van der Waals surface area contributed by atoms with E-state index >= 15 is 0 Å². The van der Waals surface area contributed by atoms with Crippen LogP contribution in [0.15, 0.2) is 40.9 Å². The van der Waals surface area contributed by atoms with Gasteiger partial charge in [0.15, 0.2) is 11.4 Å². The van der Waals surface area contributed by atoms with Crippen molar-refractivity contribution in [3.05, 3.63) is 48.0 Å². The number of nitrogens with one attached hydrogen (secondary N) is 1. The molecular formula is C21H20F2N4O4S. The van der Waals surface area contributed by atoms with Crippen LogP contribution >= 0.6 is 0 Å². The van der Waals surface area contributed by atoms with Gasteiger partial charge in [0.05, 0.1) is 23.2 Å². The molecular weight excluding hydrogens is 442 g/mol. The summed E-state index contributed by atoms with van der Waals surface area (Å²) in [5.41, 5.74) is 0.322. The smallest absolute Gasteiger partial charge is 0.326 e. The molecule has 2 aliphatic rings. The first-order valence-corrected chi connectivity index (χ1v) is 12.0. The van der Waals surface area contributed by atoms with E-state index in [4.69, 9.17) is 4.52 Å². The Balaban J connectivity index is 1.54. The number of hydrogen-bond acceptors (Lipinski definition) is 5. The summed E-state index contributed by atoms with van der Waals surface area (Å²) >= 11 is 0. The zero-order valence-corrected chi connectivity index (χ0v) is 17.9. The Morgan fingerprint density at radius 3 is 2.53 bits per heavy atom. The lowest BCUT2D eigenvalue weighted by atomic mass is 9.99. The number of hydrogen-bond donors (Lipinski definition) is 1.